The standard InChI is InChI=1S/C21H23ClFNOS/c22-17-5-9-19(10-6-17)26-20-11-13-24(14-12-20)21(2-1-15-25)16-3-7-18(23)8-4-16/h3-11,21,25H,1-2,12-15H2. The lowest BCUT2D eigenvalue weighted by Crippen LogP contribution is -2.33. The van der Waals surface area contributed by atoms with E-state index in [1.807, 2.05) is 36.4 Å². The molecule has 138 valence electrons. The molecule has 0 radical (unpaired) electrons. The third-order valence-corrected chi connectivity index (χ3v) is 5.99. The molecule has 0 saturated heterocycles. The van der Waals surface area contributed by atoms with Crippen LogP contribution in [0.25, 0.3) is 0 Å². The second-order valence-corrected chi connectivity index (χ2v) is 8.04. The molecule has 1 atom stereocenters. The molecule has 0 amide bonds. The Morgan fingerprint density at radius 1 is 1.12 bits per heavy atom. The second-order valence-electron chi connectivity index (χ2n) is 6.40. The zero-order chi connectivity index (χ0) is 18.4. The number of halogens is 2. The summed E-state index contributed by atoms with van der Waals surface area (Å²) in [6.07, 6.45) is 4.88. The molecule has 1 aliphatic heterocycles. The van der Waals surface area contributed by atoms with Gasteiger partial charge in [0.1, 0.15) is 5.82 Å². The van der Waals surface area contributed by atoms with Crippen molar-refractivity contribution in [2.45, 2.75) is 30.2 Å². The molecule has 1 unspecified atom stereocenters. The zero-order valence-corrected chi connectivity index (χ0v) is 16.1. The first-order valence-corrected chi connectivity index (χ1v) is 10.1. The number of aliphatic hydroxyl groups excluding tert-OH is 1. The number of rotatable bonds is 7. The van der Waals surface area contributed by atoms with Gasteiger partial charge < -0.3 is 5.11 Å². The largest absolute Gasteiger partial charge is 0.396 e. The van der Waals surface area contributed by atoms with E-state index in [-0.39, 0.29) is 18.5 Å². The van der Waals surface area contributed by atoms with Gasteiger partial charge >= 0.3 is 0 Å². The third-order valence-electron chi connectivity index (χ3n) is 4.59. The lowest BCUT2D eigenvalue weighted by atomic mass is 9.99. The molecule has 1 aliphatic rings. The van der Waals surface area contributed by atoms with Crippen LogP contribution in [0.4, 0.5) is 4.39 Å². The van der Waals surface area contributed by atoms with Gasteiger partial charge in [0.25, 0.3) is 0 Å². The first-order valence-electron chi connectivity index (χ1n) is 8.88. The predicted molar refractivity (Wildman–Crippen MR) is 107 cm³/mol. The SMILES string of the molecule is OCCCC(c1ccc(F)cc1)N1CC=C(Sc2ccc(Cl)cc2)CC1. The minimum absolute atomic E-state index is 0.180. The van der Waals surface area contributed by atoms with E-state index >= 15 is 0 Å². The second kappa shape index (κ2) is 9.56. The molecule has 0 bridgehead atoms. The Bertz CT molecular complexity index is 733. The Morgan fingerprint density at radius 3 is 2.46 bits per heavy atom. The average Bonchev–Trinajstić information content (AvgIpc) is 2.66. The molecule has 0 fully saturated rings. The molecular formula is C21H23ClFNOS. The van der Waals surface area contributed by atoms with Gasteiger partial charge in [-0.15, -0.1) is 0 Å². The monoisotopic (exact) mass is 391 g/mol. The fourth-order valence-corrected chi connectivity index (χ4v) is 4.28. The van der Waals surface area contributed by atoms with Crippen LogP contribution in [0, 0.1) is 5.82 Å². The summed E-state index contributed by atoms with van der Waals surface area (Å²) in [7, 11) is 0. The van der Waals surface area contributed by atoms with Crippen LogP contribution >= 0.6 is 23.4 Å². The van der Waals surface area contributed by atoms with Gasteiger partial charge in [-0.05, 0) is 66.1 Å². The van der Waals surface area contributed by atoms with E-state index in [1.54, 1.807) is 11.8 Å². The lowest BCUT2D eigenvalue weighted by molar-refractivity contribution is 0.186. The van der Waals surface area contributed by atoms with Crippen molar-refractivity contribution >= 4 is 23.4 Å². The molecular weight excluding hydrogens is 369 g/mol. The van der Waals surface area contributed by atoms with E-state index in [9.17, 15) is 9.50 Å². The summed E-state index contributed by atoms with van der Waals surface area (Å²) in [6.45, 7) is 2.00. The topological polar surface area (TPSA) is 23.5 Å². The Hall–Kier alpha value is -1.33. The van der Waals surface area contributed by atoms with E-state index in [4.69, 9.17) is 11.6 Å². The zero-order valence-electron chi connectivity index (χ0n) is 14.6. The molecule has 2 nitrogen and oxygen atoms in total. The van der Waals surface area contributed by atoms with Crippen molar-refractivity contribution in [1.29, 1.82) is 0 Å². The summed E-state index contributed by atoms with van der Waals surface area (Å²) in [5, 5.41) is 9.98. The normalized spacial score (nSPS) is 16.3. The van der Waals surface area contributed by atoms with Gasteiger partial charge in [0.15, 0.2) is 0 Å². The van der Waals surface area contributed by atoms with Crippen LogP contribution in [0.5, 0.6) is 0 Å². The highest BCUT2D eigenvalue weighted by Crippen LogP contribution is 2.34. The number of hydrogen-bond acceptors (Lipinski definition) is 3. The van der Waals surface area contributed by atoms with Gasteiger partial charge in [-0.3, -0.25) is 4.90 Å². The summed E-state index contributed by atoms with van der Waals surface area (Å²) in [6, 6.07) is 14.9. The summed E-state index contributed by atoms with van der Waals surface area (Å²) in [5.41, 5.74) is 1.11. The highest BCUT2D eigenvalue weighted by molar-refractivity contribution is 8.03. The summed E-state index contributed by atoms with van der Waals surface area (Å²) >= 11 is 7.74. The highest BCUT2D eigenvalue weighted by atomic mass is 35.5. The average molecular weight is 392 g/mol. The minimum Gasteiger partial charge on any atom is -0.396 e. The number of nitrogens with zero attached hydrogens (tertiary/aromatic N) is 1. The van der Waals surface area contributed by atoms with Gasteiger partial charge in [-0.25, -0.2) is 4.39 Å². The fourth-order valence-electron chi connectivity index (χ4n) is 3.23. The Morgan fingerprint density at radius 2 is 1.85 bits per heavy atom. The number of aliphatic hydroxyl groups is 1. The quantitative estimate of drug-likeness (QED) is 0.657. The van der Waals surface area contributed by atoms with E-state index in [1.165, 1.54) is 21.9 Å². The van der Waals surface area contributed by atoms with Crippen LogP contribution in [0.2, 0.25) is 5.02 Å². The van der Waals surface area contributed by atoms with Crippen LogP contribution in [0.1, 0.15) is 30.9 Å². The third kappa shape index (κ3) is 5.34. The van der Waals surface area contributed by atoms with Gasteiger partial charge in [0, 0.05) is 35.7 Å². The van der Waals surface area contributed by atoms with Crippen molar-refractivity contribution in [2.75, 3.05) is 19.7 Å². The first kappa shape index (κ1) is 19.4. The van der Waals surface area contributed by atoms with Gasteiger partial charge in [-0.1, -0.05) is 41.6 Å². The molecule has 5 heteroatoms. The number of hydrogen-bond donors (Lipinski definition) is 1. The minimum atomic E-state index is -0.213. The summed E-state index contributed by atoms with van der Waals surface area (Å²) in [4.78, 5) is 4.97. The van der Waals surface area contributed by atoms with Crippen molar-refractivity contribution in [3.63, 3.8) is 0 Å². The van der Waals surface area contributed by atoms with Gasteiger partial charge in [0.2, 0.25) is 0 Å². The summed E-state index contributed by atoms with van der Waals surface area (Å²) < 4.78 is 13.3. The maximum absolute atomic E-state index is 13.3. The van der Waals surface area contributed by atoms with E-state index in [0.29, 0.717) is 0 Å². The van der Waals surface area contributed by atoms with Crippen molar-refractivity contribution in [1.82, 2.24) is 4.90 Å². The van der Waals surface area contributed by atoms with E-state index < -0.39 is 0 Å². The molecule has 0 spiro atoms. The van der Waals surface area contributed by atoms with E-state index in [0.717, 1.165) is 42.9 Å². The fraction of sp³-hybridized carbons (Fsp3) is 0.333. The van der Waals surface area contributed by atoms with Crippen molar-refractivity contribution < 1.29 is 9.50 Å². The molecule has 0 saturated carbocycles. The molecule has 0 aromatic heterocycles. The molecule has 2 aromatic rings. The molecule has 2 aromatic carbocycles. The molecule has 1 heterocycles. The summed E-state index contributed by atoms with van der Waals surface area (Å²) in [5.74, 6) is -0.213. The molecule has 3 rings (SSSR count). The smallest absolute Gasteiger partial charge is 0.123 e. The van der Waals surface area contributed by atoms with Crippen LogP contribution in [-0.4, -0.2) is 29.7 Å². The maximum Gasteiger partial charge on any atom is 0.123 e. The van der Waals surface area contributed by atoms with Gasteiger partial charge in [-0.2, -0.15) is 0 Å². The van der Waals surface area contributed by atoms with Gasteiger partial charge in [0.05, 0.1) is 0 Å². The lowest BCUT2D eigenvalue weighted by Gasteiger charge is -2.34. The van der Waals surface area contributed by atoms with Crippen molar-refractivity contribution in [3.05, 3.63) is 75.9 Å². The van der Waals surface area contributed by atoms with Crippen LogP contribution < -0.4 is 0 Å². The molecule has 26 heavy (non-hydrogen) atoms. The Balaban J connectivity index is 1.66. The van der Waals surface area contributed by atoms with Crippen LogP contribution in [-0.2, 0) is 0 Å². The predicted octanol–water partition coefficient (Wildman–Crippen LogP) is 5.67. The molecule has 1 N–H and O–H groups in total. The maximum atomic E-state index is 13.3. The van der Waals surface area contributed by atoms with Crippen LogP contribution in [0.3, 0.4) is 0 Å². The Kier molecular flexibility index (Phi) is 7.15. The van der Waals surface area contributed by atoms with E-state index in [2.05, 4.69) is 11.0 Å². The number of thioether (sulfide) groups is 1. The van der Waals surface area contributed by atoms with Crippen molar-refractivity contribution in [3.8, 4) is 0 Å². The highest BCUT2D eigenvalue weighted by Gasteiger charge is 2.22. The first-order chi connectivity index (χ1) is 12.7. The molecule has 0 aliphatic carbocycles. The Labute approximate surface area is 163 Å². The van der Waals surface area contributed by atoms with Crippen LogP contribution in [0.15, 0.2) is 64.4 Å². The number of benzene rings is 2. The van der Waals surface area contributed by atoms with Crippen molar-refractivity contribution in [2.24, 2.45) is 0 Å².